The Labute approximate surface area is 151 Å². The standard InChI is InChI=1S/C16H15N5O4S/c17-13-10(7-9-1-2-11(22)12(23)8-9)14(24)18-15-21(13)19-16(26-15)20-3-5-25-6-4-20/h1-2,7-8,23H,3-6,17H2/b9-7+. The number of aliphatic hydroxyl groups is 1. The summed E-state index contributed by atoms with van der Waals surface area (Å²) in [5.74, 6) is -0.730. The maximum absolute atomic E-state index is 12.4. The van der Waals surface area contributed by atoms with Crippen molar-refractivity contribution in [3.63, 3.8) is 0 Å². The van der Waals surface area contributed by atoms with Gasteiger partial charge in [-0.3, -0.25) is 9.59 Å². The van der Waals surface area contributed by atoms with E-state index in [9.17, 15) is 14.7 Å². The van der Waals surface area contributed by atoms with Crippen LogP contribution in [0.3, 0.4) is 0 Å². The number of allylic oxidation sites excluding steroid dienone is 4. The zero-order valence-electron chi connectivity index (χ0n) is 13.6. The third-order valence-electron chi connectivity index (χ3n) is 4.06. The lowest BCUT2D eigenvalue weighted by atomic mass is 10.1. The number of aliphatic hydroxyl groups excluding tert-OH is 1. The fourth-order valence-corrected chi connectivity index (χ4v) is 3.63. The molecule has 1 fully saturated rings. The first-order valence-corrected chi connectivity index (χ1v) is 8.71. The fraction of sp³-hybridized carbons (Fsp3) is 0.250. The molecule has 1 aliphatic heterocycles. The van der Waals surface area contributed by atoms with Gasteiger partial charge in [0.2, 0.25) is 15.9 Å². The number of nitrogens with zero attached hydrogens (tertiary/aromatic N) is 4. The summed E-state index contributed by atoms with van der Waals surface area (Å²) in [6, 6.07) is 0. The van der Waals surface area contributed by atoms with Crippen LogP contribution in [0.25, 0.3) is 11.0 Å². The molecular weight excluding hydrogens is 358 g/mol. The van der Waals surface area contributed by atoms with Crippen molar-refractivity contribution in [2.45, 2.75) is 0 Å². The fourth-order valence-electron chi connectivity index (χ4n) is 2.68. The molecule has 0 saturated carbocycles. The minimum atomic E-state index is -0.495. The van der Waals surface area contributed by atoms with E-state index >= 15 is 0 Å². The predicted molar refractivity (Wildman–Crippen MR) is 97.4 cm³/mol. The van der Waals surface area contributed by atoms with E-state index in [1.807, 2.05) is 0 Å². The Morgan fingerprint density at radius 1 is 1.27 bits per heavy atom. The molecule has 9 nitrogen and oxygen atoms in total. The van der Waals surface area contributed by atoms with E-state index in [1.54, 1.807) is 0 Å². The zero-order valence-corrected chi connectivity index (χ0v) is 14.4. The molecule has 0 unspecified atom stereocenters. The molecule has 4 rings (SSSR count). The van der Waals surface area contributed by atoms with Crippen molar-refractivity contribution >= 4 is 39.1 Å². The molecule has 2 aliphatic rings. The molecule has 0 atom stereocenters. The molecule has 2 aromatic heterocycles. The first kappa shape index (κ1) is 16.5. The van der Waals surface area contributed by atoms with Gasteiger partial charge in [-0.1, -0.05) is 17.4 Å². The molecule has 3 heterocycles. The monoisotopic (exact) mass is 373 g/mol. The van der Waals surface area contributed by atoms with E-state index in [1.165, 1.54) is 40.2 Å². The van der Waals surface area contributed by atoms with Crippen molar-refractivity contribution in [3.05, 3.63) is 45.5 Å². The number of anilines is 2. The van der Waals surface area contributed by atoms with Gasteiger partial charge in [-0.25, -0.2) is 0 Å². The summed E-state index contributed by atoms with van der Waals surface area (Å²) >= 11 is 1.29. The van der Waals surface area contributed by atoms with E-state index in [0.29, 0.717) is 36.8 Å². The predicted octanol–water partition coefficient (Wildman–Crippen LogP) is 0.534. The van der Waals surface area contributed by atoms with Crippen molar-refractivity contribution in [1.29, 1.82) is 0 Å². The number of hydrogen-bond acceptors (Lipinski definition) is 9. The van der Waals surface area contributed by atoms with Gasteiger partial charge >= 0.3 is 0 Å². The molecule has 2 aromatic rings. The molecule has 3 N–H and O–H groups in total. The maximum Gasteiger partial charge on any atom is 0.283 e. The third kappa shape index (κ3) is 2.89. The second-order valence-electron chi connectivity index (χ2n) is 5.77. The lowest BCUT2D eigenvalue weighted by Gasteiger charge is -2.25. The molecule has 0 bridgehead atoms. The number of carbonyl (C=O) groups excluding carboxylic acids is 1. The van der Waals surface area contributed by atoms with Gasteiger partial charge < -0.3 is 20.5 Å². The summed E-state index contributed by atoms with van der Waals surface area (Å²) < 4.78 is 6.77. The van der Waals surface area contributed by atoms with Crippen LogP contribution >= 0.6 is 11.3 Å². The number of carbonyl (C=O) groups is 1. The summed E-state index contributed by atoms with van der Waals surface area (Å²) in [6.45, 7) is 2.66. The summed E-state index contributed by atoms with van der Waals surface area (Å²) in [5, 5.41) is 14.7. The second kappa shape index (κ2) is 6.39. The van der Waals surface area contributed by atoms with E-state index in [0.717, 1.165) is 5.13 Å². The van der Waals surface area contributed by atoms with Gasteiger partial charge in [-0.05, 0) is 23.8 Å². The Morgan fingerprint density at radius 3 is 2.77 bits per heavy atom. The molecule has 0 radical (unpaired) electrons. The van der Waals surface area contributed by atoms with Crippen molar-refractivity contribution < 1.29 is 14.6 Å². The first-order valence-electron chi connectivity index (χ1n) is 7.90. The van der Waals surface area contributed by atoms with Crippen molar-refractivity contribution in [2.24, 2.45) is 0 Å². The Kier molecular flexibility index (Phi) is 4.05. The van der Waals surface area contributed by atoms with Crippen LogP contribution in [-0.4, -0.2) is 51.8 Å². The highest BCUT2D eigenvalue weighted by Crippen LogP contribution is 2.25. The highest BCUT2D eigenvalue weighted by molar-refractivity contribution is 7.20. The number of aromatic nitrogens is 3. The SMILES string of the molecule is Nc1c(/C=C2\C=CC(=O)C(O)=C2)c(=O)nc2sc(N3CCOCC3)nn12. The molecule has 1 saturated heterocycles. The van der Waals surface area contributed by atoms with E-state index in [2.05, 4.69) is 15.0 Å². The second-order valence-corrected chi connectivity index (χ2v) is 6.70. The normalized spacial score (nSPS) is 19.4. The van der Waals surface area contributed by atoms with Gasteiger partial charge in [0.1, 0.15) is 5.82 Å². The quantitative estimate of drug-likeness (QED) is 0.782. The molecule has 134 valence electrons. The Bertz CT molecular complexity index is 1040. The van der Waals surface area contributed by atoms with E-state index in [4.69, 9.17) is 10.5 Å². The molecule has 10 heteroatoms. The summed E-state index contributed by atoms with van der Waals surface area (Å²) in [7, 11) is 0. The summed E-state index contributed by atoms with van der Waals surface area (Å²) in [4.78, 5) is 30.2. The number of morpholine rings is 1. The molecule has 0 spiro atoms. The largest absolute Gasteiger partial charge is 0.504 e. The van der Waals surface area contributed by atoms with E-state index in [-0.39, 0.29) is 11.4 Å². The van der Waals surface area contributed by atoms with E-state index < -0.39 is 17.1 Å². The van der Waals surface area contributed by atoms with Gasteiger partial charge in [0.25, 0.3) is 5.56 Å². The summed E-state index contributed by atoms with van der Waals surface area (Å²) in [5.41, 5.74) is 6.27. The van der Waals surface area contributed by atoms with Crippen LogP contribution in [0.5, 0.6) is 0 Å². The number of ether oxygens (including phenoxy) is 1. The lowest BCUT2D eigenvalue weighted by Crippen LogP contribution is -2.36. The van der Waals surface area contributed by atoms with Gasteiger partial charge in [-0.2, -0.15) is 9.50 Å². The molecule has 0 amide bonds. The number of fused-ring (bicyclic) bond motifs is 1. The Balaban J connectivity index is 1.78. The van der Waals surface area contributed by atoms with Crippen LogP contribution in [-0.2, 0) is 9.53 Å². The first-order chi connectivity index (χ1) is 12.5. The molecule has 0 aromatic carbocycles. The minimum Gasteiger partial charge on any atom is -0.504 e. The number of ketones is 1. The Morgan fingerprint density at radius 2 is 2.04 bits per heavy atom. The molecule has 26 heavy (non-hydrogen) atoms. The summed E-state index contributed by atoms with van der Waals surface area (Å²) in [6.07, 6.45) is 5.47. The topological polar surface area (TPSA) is 123 Å². The third-order valence-corrected chi connectivity index (χ3v) is 5.03. The zero-order chi connectivity index (χ0) is 18.3. The van der Waals surface area contributed by atoms with Crippen LogP contribution < -0.4 is 16.2 Å². The highest BCUT2D eigenvalue weighted by atomic mass is 32.1. The number of hydrogen-bond donors (Lipinski definition) is 2. The average Bonchev–Trinajstić information content (AvgIpc) is 3.06. The van der Waals surface area contributed by atoms with Crippen LogP contribution in [0.2, 0.25) is 0 Å². The van der Waals surface area contributed by atoms with Gasteiger partial charge in [0.15, 0.2) is 5.76 Å². The average molecular weight is 373 g/mol. The number of rotatable bonds is 2. The number of nitrogens with two attached hydrogens (primary N) is 1. The van der Waals surface area contributed by atoms with Crippen molar-refractivity contribution in [1.82, 2.24) is 14.6 Å². The van der Waals surface area contributed by atoms with Crippen molar-refractivity contribution in [3.8, 4) is 0 Å². The van der Waals surface area contributed by atoms with Crippen molar-refractivity contribution in [2.75, 3.05) is 36.9 Å². The minimum absolute atomic E-state index is 0.152. The van der Waals surface area contributed by atoms with Crippen LogP contribution in [0.1, 0.15) is 5.56 Å². The smallest absolute Gasteiger partial charge is 0.283 e. The van der Waals surface area contributed by atoms with Gasteiger partial charge in [0, 0.05) is 13.1 Å². The molecule has 1 aliphatic carbocycles. The van der Waals surface area contributed by atoms with Crippen LogP contribution in [0, 0.1) is 0 Å². The highest BCUT2D eigenvalue weighted by Gasteiger charge is 2.19. The lowest BCUT2D eigenvalue weighted by molar-refractivity contribution is -0.113. The maximum atomic E-state index is 12.4. The van der Waals surface area contributed by atoms with Crippen LogP contribution in [0.4, 0.5) is 10.9 Å². The number of nitrogen functional groups attached to an aromatic ring is 1. The van der Waals surface area contributed by atoms with Crippen LogP contribution in [0.15, 0.2) is 34.4 Å². The molecular formula is C16H15N5O4S. The van der Waals surface area contributed by atoms with Gasteiger partial charge in [0.05, 0.1) is 18.8 Å². The Hall–Kier alpha value is -2.98. The van der Waals surface area contributed by atoms with Gasteiger partial charge in [-0.15, -0.1) is 5.10 Å².